The number of rotatable bonds is 17. The van der Waals surface area contributed by atoms with E-state index in [1.165, 1.54) is 16.7 Å². The molecule has 0 aromatic heterocycles. The van der Waals surface area contributed by atoms with Crippen molar-refractivity contribution in [3.8, 4) is 0 Å². The van der Waals surface area contributed by atoms with Gasteiger partial charge in [0.15, 0.2) is 0 Å². The highest BCUT2D eigenvalue weighted by Crippen LogP contribution is 2.34. The number of ketones is 2. The zero-order valence-corrected chi connectivity index (χ0v) is 24.8. The van der Waals surface area contributed by atoms with Gasteiger partial charge in [0.05, 0.1) is 0 Å². The molecule has 0 spiro atoms. The maximum Gasteiger partial charge on any atom is 0.229 e. The van der Waals surface area contributed by atoms with E-state index in [0.29, 0.717) is 23.3 Å². The topological polar surface area (TPSA) is 34.1 Å². The van der Waals surface area contributed by atoms with E-state index in [1.807, 2.05) is 0 Å². The van der Waals surface area contributed by atoms with Crippen LogP contribution in [0.25, 0.3) is 0 Å². The van der Waals surface area contributed by atoms with Gasteiger partial charge in [-0.3, -0.25) is 9.59 Å². The van der Waals surface area contributed by atoms with Gasteiger partial charge in [0.2, 0.25) is 11.6 Å². The fraction of sp³-hybridized carbons (Fsp3) is 0.600. The molecule has 0 N–H and O–H groups in total. The number of Topliss-reactive ketones (excluding diaryl/α,β-unsaturated/α-hetero) is 2. The van der Waals surface area contributed by atoms with Crippen molar-refractivity contribution < 1.29 is 9.59 Å². The summed E-state index contributed by atoms with van der Waals surface area (Å²) in [6.07, 6.45) is 10.7. The number of benzene rings is 2. The van der Waals surface area contributed by atoms with Crippen molar-refractivity contribution in [1.82, 2.24) is 0 Å². The van der Waals surface area contributed by atoms with Gasteiger partial charge in [0, 0.05) is 12.0 Å². The Hall–Kier alpha value is -2.22. The Bertz CT molecular complexity index is 1000. The van der Waals surface area contributed by atoms with Crippen LogP contribution in [0.1, 0.15) is 162 Å². The minimum Gasteiger partial charge on any atom is -0.290 e. The van der Waals surface area contributed by atoms with Crippen LogP contribution in [0.2, 0.25) is 0 Å². The molecule has 204 valence electrons. The lowest BCUT2D eigenvalue weighted by atomic mass is 9.81. The highest BCUT2D eigenvalue weighted by Gasteiger charge is 2.26. The summed E-state index contributed by atoms with van der Waals surface area (Å²) >= 11 is 0. The van der Waals surface area contributed by atoms with Gasteiger partial charge in [0.25, 0.3) is 0 Å². The zero-order valence-electron chi connectivity index (χ0n) is 24.8. The quantitative estimate of drug-likeness (QED) is 0.159. The molecule has 0 radical (unpaired) electrons. The number of aryl methyl sites for hydroxylation is 1. The zero-order chi connectivity index (χ0) is 27.4. The van der Waals surface area contributed by atoms with E-state index in [-0.39, 0.29) is 18.0 Å². The number of hydrogen-bond donors (Lipinski definition) is 0. The van der Waals surface area contributed by atoms with Crippen LogP contribution in [0.4, 0.5) is 0 Å². The van der Waals surface area contributed by atoms with Gasteiger partial charge in [-0.2, -0.15) is 0 Å². The van der Waals surface area contributed by atoms with Crippen molar-refractivity contribution in [3.05, 3.63) is 69.8 Å². The highest BCUT2D eigenvalue weighted by atomic mass is 16.2. The molecule has 0 saturated heterocycles. The smallest absolute Gasteiger partial charge is 0.229 e. The van der Waals surface area contributed by atoms with Crippen molar-refractivity contribution in [2.45, 2.75) is 137 Å². The monoisotopic (exact) mass is 504 g/mol. The van der Waals surface area contributed by atoms with E-state index in [1.54, 1.807) is 0 Å². The molecular weight excluding hydrogens is 452 g/mol. The SMILES string of the molecule is CCCC(CC)c1ccc(C(CC)CCC)c(C(=O)C(=O)Cc2cc(CC)ccc2C(CC)CCC)c1. The maximum absolute atomic E-state index is 13.9. The summed E-state index contributed by atoms with van der Waals surface area (Å²) in [5.74, 6) is 0.605. The summed E-state index contributed by atoms with van der Waals surface area (Å²) in [6, 6.07) is 13.0. The normalized spacial score (nSPS) is 13.8. The molecule has 0 saturated carbocycles. The minimum absolute atomic E-state index is 0.197. The third-order valence-corrected chi connectivity index (χ3v) is 8.28. The van der Waals surface area contributed by atoms with Gasteiger partial charge in [0.1, 0.15) is 0 Å². The number of hydrogen-bond acceptors (Lipinski definition) is 2. The molecule has 2 nitrogen and oxygen atoms in total. The summed E-state index contributed by atoms with van der Waals surface area (Å²) in [7, 11) is 0. The predicted octanol–water partition coefficient (Wildman–Crippen LogP) is 10.1. The van der Waals surface area contributed by atoms with Crippen molar-refractivity contribution in [3.63, 3.8) is 0 Å². The van der Waals surface area contributed by atoms with E-state index < -0.39 is 0 Å². The van der Waals surface area contributed by atoms with E-state index in [4.69, 9.17) is 0 Å². The summed E-state index contributed by atoms with van der Waals surface area (Å²) < 4.78 is 0. The summed E-state index contributed by atoms with van der Waals surface area (Å²) in [6.45, 7) is 15.4. The lowest BCUT2D eigenvalue weighted by Gasteiger charge is -2.22. The van der Waals surface area contributed by atoms with Gasteiger partial charge >= 0.3 is 0 Å². The first kappa shape index (κ1) is 31.0. The molecule has 0 bridgehead atoms. The van der Waals surface area contributed by atoms with Crippen LogP contribution in [0.5, 0.6) is 0 Å². The molecule has 37 heavy (non-hydrogen) atoms. The lowest BCUT2D eigenvalue weighted by molar-refractivity contribution is -0.114. The van der Waals surface area contributed by atoms with Gasteiger partial charge < -0.3 is 0 Å². The third kappa shape index (κ3) is 8.13. The van der Waals surface area contributed by atoms with Crippen molar-refractivity contribution in [2.75, 3.05) is 0 Å². The summed E-state index contributed by atoms with van der Waals surface area (Å²) in [5.41, 5.74) is 6.46. The van der Waals surface area contributed by atoms with Crippen LogP contribution >= 0.6 is 0 Å². The fourth-order valence-electron chi connectivity index (χ4n) is 6.03. The highest BCUT2D eigenvalue weighted by molar-refractivity contribution is 6.44. The Kier molecular flexibility index (Phi) is 13.3. The molecule has 0 aliphatic heterocycles. The van der Waals surface area contributed by atoms with Gasteiger partial charge in [-0.25, -0.2) is 0 Å². The molecule has 2 heteroatoms. The molecule has 3 atom stereocenters. The van der Waals surface area contributed by atoms with E-state index in [0.717, 1.165) is 75.3 Å². The van der Waals surface area contributed by atoms with Gasteiger partial charge in [-0.1, -0.05) is 98.1 Å². The second-order valence-electron chi connectivity index (χ2n) is 10.8. The molecule has 0 heterocycles. The third-order valence-electron chi connectivity index (χ3n) is 8.28. The summed E-state index contributed by atoms with van der Waals surface area (Å²) in [4.78, 5) is 27.6. The first-order chi connectivity index (χ1) is 17.9. The van der Waals surface area contributed by atoms with Crippen molar-refractivity contribution in [2.24, 2.45) is 0 Å². The Morgan fingerprint density at radius 1 is 0.649 bits per heavy atom. The van der Waals surface area contributed by atoms with E-state index in [2.05, 4.69) is 84.9 Å². The van der Waals surface area contributed by atoms with Crippen LogP contribution in [0.15, 0.2) is 36.4 Å². The molecule has 3 unspecified atom stereocenters. The van der Waals surface area contributed by atoms with Crippen LogP contribution in [0, 0.1) is 0 Å². The minimum atomic E-state index is -0.297. The molecule has 2 aromatic carbocycles. The van der Waals surface area contributed by atoms with Crippen LogP contribution in [-0.2, 0) is 17.6 Å². The molecule has 0 aliphatic carbocycles. The fourth-order valence-corrected chi connectivity index (χ4v) is 6.03. The maximum atomic E-state index is 13.9. The van der Waals surface area contributed by atoms with Gasteiger partial charge in [-0.15, -0.1) is 0 Å². The van der Waals surface area contributed by atoms with Crippen LogP contribution in [0.3, 0.4) is 0 Å². The number of carbonyl (C=O) groups excluding carboxylic acids is 2. The van der Waals surface area contributed by atoms with Crippen LogP contribution in [-0.4, -0.2) is 11.6 Å². The van der Waals surface area contributed by atoms with Gasteiger partial charge in [-0.05, 0) is 96.6 Å². The predicted molar refractivity (Wildman–Crippen MR) is 159 cm³/mol. The molecule has 2 aromatic rings. The van der Waals surface area contributed by atoms with Crippen LogP contribution < -0.4 is 0 Å². The first-order valence-corrected chi connectivity index (χ1v) is 15.2. The standard InChI is InChI=1S/C35H52O2/c1-8-15-26(12-5)29-19-21-32(28(14-7)17-10-3)33(23-29)35(37)34(36)24-30-22-25(11-4)18-20-31(30)27(13-6)16-9-2/h18-23,26-28H,8-17,24H2,1-7H3. The largest absolute Gasteiger partial charge is 0.290 e. The Labute approximate surface area is 227 Å². The second-order valence-corrected chi connectivity index (χ2v) is 10.8. The van der Waals surface area contributed by atoms with Crippen molar-refractivity contribution >= 4 is 11.6 Å². The van der Waals surface area contributed by atoms with Crippen molar-refractivity contribution in [1.29, 1.82) is 0 Å². The number of carbonyl (C=O) groups is 2. The Balaban J connectivity index is 2.52. The average Bonchev–Trinajstić information content (AvgIpc) is 2.92. The lowest BCUT2D eigenvalue weighted by Crippen LogP contribution is -2.21. The average molecular weight is 505 g/mol. The molecule has 0 fully saturated rings. The molecule has 0 aliphatic rings. The van der Waals surface area contributed by atoms with E-state index in [9.17, 15) is 9.59 Å². The van der Waals surface area contributed by atoms with E-state index >= 15 is 0 Å². The summed E-state index contributed by atoms with van der Waals surface area (Å²) in [5, 5.41) is 0. The Morgan fingerprint density at radius 3 is 1.73 bits per heavy atom. The molecule has 0 amide bonds. The second kappa shape index (κ2) is 15.9. The molecule has 2 rings (SSSR count). The first-order valence-electron chi connectivity index (χ1n) is 15.2. The molecular formula is C35H52O2. The Morgan fingerprint density at radius 2 is 1.19 bits per heavy atom.